The number of nitrogens with zero attached hydrogens (tertiary/aromatic N) is 2. The Morgan fingerprint density at radius 1 is 1.25 bits per heavy atom. The summed E-state index contributed by atoms with van der Waals surface area (Å²) in [4.78, 5) is 40.1. The molecule has 0 bridgehead atoms. The number of carbonyl (C=O) groups is 2. The maximum absolute atomic E-state index is 12.7. The monoisotopic (exact) mass is 331 g/mol. The van der Waals surface area contributed by atoms with Gasteiger partial charge >= 0.3 is 11.7 Å². The predicted octanol–water partition coefficient (Wildman–Crippen LogP) is 1.58. The van der Waals surface area contributed by atoms with Crippen LogP contribution in [-0.4, -0.2) is 44.0 Å². The van der Waals surface area contributed by atoms with Crippen LogP contribution in [0.2, 0.25) is 0 Å². The molecule has 1 saturated heterocycles. The Hall–Kier alpha value is -2.57. The Labute approximate surface area is 138 Å². The smallest absolute Gasteiger partial charge is 0.326 e. The second-order valence-corrected chi connectivity index (χ2v) is 6.20. The number of hydrogen-bond donors (Lipinski definition) is 2. The van der Waals surface area contributed by atoms with E-state index in [1.165, 1.54) is 4.57 Å². The molecular formula is C17H21N3O4. The molecule has 1 amide bonds. The lowest BCUT2D eigenvalue weighted by Gasteiger charge is -2.35. The first-order valence-corrected chi connectivity index (χ1v) is 8.25. The molecule has 7 heteroatoms. The number of piperidine rings is 1. The van der Waals surface area contributed by atoms with Crippen LogP contribution in [0.5, 0.6) is 0 Å². The van der Waals surface area contributed by atoms with Crippen LogP contribution < -0.4 is 5.69 Å². The van der Waals surface area contributed by atoms with Gasteiger partial charge in [-0.05, 0) is 37.8 Å². The average Bonchev–Trinajstić information content (AvgIpc) is 2.89. The van der Waals surface area contributed by atoms with Gasteiger partial charge in [-0.2, -0.15) is 0 Å². The van der Waals surface area contributed by atoms with Crippen molar-refractivity contribution in [1.29, 1.82) is 0 Å². The second-order valence-electron chi connectivity index (χ2n) is 6.20. The highest BCUT2D eigenvalue weighted by Crippen LogP contribution is 2.21. The first-order valence-electron chi connectivity index (χ1n) is 8.25. The number of aromatic nitrogens is 2. The number of fused-ring (bicyclic) bond motifs is 1. The van der Waals surface area contributed by atoms with Crippen LogP contribution in [-0.2, 0) is 16.1 Å². The summed E-state index contributed by atoms with van der Waals surface area (Å²) in [6.07, 6.45) is 3.26. The van der Waals surface area contributed by atoms with Crippen molar-refractivity contribution in [3.8, 4) is 0 Å². The fourth-order valence-electron chi connectivity index (χ4n) is 3.41. The molecule has 0 saturated carbocycles. The molecule has 1 aromatic carbocycles. The summed E-state index contributed by atoms with van der Waals surface area (Å²) in [6, 6.07) is 7.21. The summed E-state index contributed by atoms with van der Waals surface area (Å²) in [5, 5.41) is 8.88. The first-order chi connectivity index (χ1) is 11.6. The Kier molecular flexibility index (Phi) is 4.69. The van der Waals surface area contributed by atoms with E-state index >= 15 is 0 Å². The van der Waals surface area contributed by atoms with E-state index in [9.17, 15) is 14.4 Å². The average molecular weight is 331 g/mol. The van der Waals surface area contributed by atoms with Gasteiger partial charge in [-0.1, -0.05) is 12.1 Å². The SMILES string of the molecule is O=C(O)CC[C@H]1CCCCN1C(=O)Cn1c(=O)[nH]c2ccccc21. The van der Waals surface area contributed by atoms with Crippen molar-refractivity contribution in [2.24, 2.45) is 0 Å². The van der Waals surface area contributed by atoms with Gasteiger partial charge in [0.2, 0.25) is 5.91 Å². The van der Waals surface area contributed by atoms with Crippen molar-refractivity contribution >= 4 is 22.9 Å². The summed E-state index contributed by atoms with van der Waals surface area (Å²) < 4.78 is 1.44. The number of carboxylic acids is 1. The molecule has 1 fully saturated rings. The molecule has 0 spiro atoms. The fraction of sp³-hybridized carbons (Fsp3) is 0.471. The minimum Gasteiger partial charge on any atom is -0.481 e. The summed E-state index contributed by atoms with van der Waals surface area (Å²) in [5.41, 5.74) is 1.11. The number of para-hydroxylation sites is 2. The van der Waals surface area contributed by atoms with Crippen LogP contribution in [0.4, 0.5) is 0 Å². The van der Waals surface area contributed by atoms with Crippen molar-refractivity contribution in [3.63, 3.8) is 0 Å². The molecule has 2 heterocycles. The summed E-state index contributed by atoms with van der Waals surface area (Å²) >= 11 is 0. The van der Waals surface area contributed by atoms with Crippen LogP contribution in [0.1, 0.15) is 32.1 Å². The normalized spacial score (nSPS) is 18.0. The molecule has 0 radical (unpaired) electrons. The Bertz CT molecular complexity index is 808. The van der Waals surface area contributed by atoms with Gasteiger partial charge in [-0.25, -0.2) is 4.79 Å². The minimum atomic E-state index is -0.846. The Morgan fingerprint density at radius 2 is 2.04 bits per heavy atom. The lowest BCUT2D eigenvalue weighted by molar-refractivity contribution is -0.140. The van der Waals surface area contributed by atoms with Crippen molar-refractivity contribution in [2.45, 2.75) is 44.7 Å². The van der Waals surface area contributed by atoms with E-state index in [2.05, 4.69) is 4.98 Å². The van der Waals surface area contributed by atoms with Gasteiger partial charge in [0.1, 0.15) is 6.54 Å². The fourth-order valence-corrected chi connectivity index (χ4v) is 3.41. The quantitative estimate of drug-likeness (QED) is 0.869. The summed E-state index contributed by atoms with van der Waals surface area (Å²) in [5.74, 6) is -0.974. The standard InChI is InChI=1S/C17H21N3O4/c21-15(19-10-4-3-5-12(19)8-9-16(22)23)11-20-14-7-2-1-6-13(14)18-17(20)24/h1-2,6-7,12H,3-5,8-11H2,(H,18,24)(H,22,23)/t12-/m1/s1. The molecule has 2 N–H and O–H groups in total. The molecule has 0 unspecified atom stereocenters. The number of aliphatic carboxylic acids is 1. The zero-order valence-corrected chi connectivity index (χ0v) is 13.4. The van der Waals surface area contributed by atoms with Gasteiger partial charge in [0.25, 0.3) is 0 Å². The lowest BCUT2D eigenvalue weighted by Crippen LogP contribution is -2.46. The van der Waals surface area contributed by atoms with Gasteiger partial charge in [-0.3, -0.25) is 14.2 Å². The molecular weight excluding hydrogens is 310 g/mol. The maximum atomic E-state index is 12.7. The zero-order chi connectivity index (χ0) is 17.1. The van der Waals surface area contributed by atoms with E-state index < -0.39 is 5.97 Å². The number of hydrogen-bond acceptors (Lipinski definition) is 3. The third kappa shape index (κ3) is 3.34. The molecule has 1 aliphatic heterocycles. The number of imidazole rings is 1. The molecule has 0 aliphatic carbocycles. The summed E-state index contributed by atoms with van der Waals surface area (Å²) in [7, 11) is 0. The number of amides is 1. The number of benzene rings is 1. The topological polar surface area (TPSA) is 95.4 Å². The van der Waals surface area contributed by atoms with Crippen LogP contribution >= 0.6 is 0 Å². The molecule has 2 aromatic rings. The second kappa shape index (κ2) is 6.90. The third-order valence-corrected chi connectivity index (χ3v) is 4.61. The van der Waals surface area contributed by atoms with Crippen LogP contribution in [0.15, 0.2) is 29.1 Å². The first kappa shape index (κ1) is 16.3. The Balaban J connectivity index is 1.78. The summed E-state index contributed by atoms with van der Waals surface area (Å²) in [6.45, 7) is 0.604. The Morgan fingerprint density at radius 3 is 2.83 bits per heavy atom. The van der Waals surface area contributed by atoms with Gasteiger partial charge in [-0.15, -0.1) is 0 Å². The van der Waals surface area contributed by atoms with E-state index in [0.29, 0.717) is 24.0 Å². The van der Waals surface area contributed by atoms with Gasteiger partial charge < -0.3 is 15.0 Å². The maximum Gasteiger partial charge on any atom is 0.326 e. The van der Waals surface area contributed by atoms with E-state index in [1.54, 1.807) is 17.0 Å². The van der Waals surface area contributed by atoms with E-state index in [-0.39, 0.29) is 30.6 Å². The number of likely N-dealkylation sites (tertiary alicyclic amines) is 1. The van der Waals surface area contributed by atoms with Gasteiger partial charge in [0, 0.05) is 19.0 Å². The lowest BCUT2D eigenvalue weighted by atomic mass is 9.98. The highest BCUT2D eigenvalue weighted by Gasteiger charge is 2.27. The number of aromatic amines is 1. The van der Waals surface area contributed by atoms with E-state index in [1.807, 2.05) is 12.1 Å². The van der Waals surface area contributed by atoms with Crippen LogP contribution in [0.3, 0.4) is 0 Å². The number of rotatable bonds is 5. The molecule has 1 atom stereocenters. The number of H-pyrrole nitrogens is 1. The van der Waals surface area contributed by atoms with Crippen molar-refractivity contribution in [1.82, 2.24) is 14.5 Å². The number of nitrogens with one attached hydrogen (secondary N) is 1. The van der Waals surface area contributed by atoms with Crippen LogP contribution in [0.25, 0.3) is 11.0 Å². The molecule has 128 valence electrons. The molecule has 24 heavy (non-hydrogen) atoms. The number of carboxylic acid groups (broad SMARTS) is 1. The van der Waals surface area contributed by atoms with E-state index in [0.717, 1.165) is 19.3 Å². The molecule has 1 aromatic heterocycles. The van der Waals surface area contributed by atoms with Gasteiger partial charge in [0.05, 0.1) is 11.0 Å². The van der Waals surface area contributed by atoms with Gasteiger partial charge in [0.15, 0.2) is 0 Å². The molecule has 3 rings (SSSR count). The van der Waals surface area contributed by atoms with Crippen molar-refractivity contribution in [2.75, 3.05) is 6.54 Å². The van der Waals surface area contributed by atoms with Crippen molar-refractivity contribution < 1.29 is 14.7 Å². The molecule has 7 nitrogen and oxygen atoms in total. The minimum absolute atomic E-state index is 0.0214. The zero-order valence-electron chi connectivity index (χ0n) is 13.4. The highest BCUT2D eigenvalue weighted by atomic mass is 16.4. The van der Waals surface area contributed by atoms with E-state index in [4.69, 9.17) is 5.11 Å². The predicted molar refractivity (Wildman–Crippen MR) is 88.8 cm³/mol. The molecule has 1 aliphatic rings. The van der Waals surface area contributed by atoms with Crippen LogP contribution in [0, 0.1) is 0 Å². The van der Waals surface area contributed by atoms with Crippen molar-refractivity contribution in [3.05, 3.63) is 34.7 Å². The third-order valence-electron chi connectivity index (χ3n) is 4.61. The highest BCUT2D eigenvalue weighted by molar-refractivity contribution is 5.80. The number of carbonyl (C=O) groups excluding carboxylic acids is 1. The largest absolute Gasteiger partial charge is 0.481 e.